The van der Waals surface area contributed by atoms with Crippen LogP contribution in [0.1, 0.15) is 12.0 Å². The molecule has 8 nitrogen and oxygen atoms in total. The number of sulfonamides is 1. The molecule has 0 radical (unpaired) electrons. The van der Waals surface area contributed by atoms with Crippen molar-refractivity contribution in [2.75, 3.05) is 29.8 Å². The number of benzene rings is 1. The van der Waals surface area contributed by atoms with E-state index in [2.05, 4.69) is 14.8 Å². The molecule has 0 unspecified atom stereocenters. The molecule has 0 aliphatic carbocycles. The number of anilines is 2. The molecule has 1 N–H and O–H groups in total. The van der Waals surface area contributed by atoms with Crippen LogP contribution in [0.2, 0.25) is 0 Å². The van der Waals surface area contributed by atoms with Gasteiger partial charge in [0.15, 0.2) is 0 Å². The van der Waals surface area contributed by atoms with E-state index >= 15 is 0 Å². The summed E-state index contributed by atoms with van der Waals surface area (Å²) in [6.07, 6.45) is -1.56. The molecule has 1 aromatic carbocycles. The van der Waals surface area contributed by atoms with Crippen LogP contribution in [-0.4, -0.2) is 48.6 Å². The van der Waals surface area contributed by atoms with Crippen molar-refractivity contribution in [3.63, 3.8) is 0 Å². The number of pyridine rings is 1. The largest absolute Gasteiger partial charge is 0.494 e. The van der Waals surface area contributed by atoms with Crippen molar-refractivity contribution in [2.45, 2.75) is 17.8 Å². The van der Waals surface area contributed by atoms with Crippen LogP contribution in [0.15, 0.2) is 36.7 Å². The second-order valence-corrected chi connectivity index (χ2v) is 9.21. The summed E-state index contributed by atoms with van der Waals surface area (Å²) in [7, 11) is -0.747. The van der Waals surface area contributed by atoms with Crippen LogP contribution in [0.25, 0.3) is 10.9 Å². The number of methoxy groups -OCH3 is 1. The minimum atomic E-state index is -4.50. The van der Waals surface area contributed by atoms with Gasteiger partial charge in [0.1, 0.15) is 17.3 Å². The lowest BCUT2D eigenvalue weighted by Crippen LogP contribution is -2.32. The molecule has 1 fully saturated rings. The quantitative estimate of drug-likeness (QED) is 0.636. The Bertz CT molecular complexity index is 1230. The highest BCUT2D eigenvalue weighted by atomic mass is 32.2. The molecule has 2 aromatic heterocycles. The molecule has 12 heteroatoms. The summed E-state index contributed by atoms with van der Waals surface area (Å²) in [5.41, 5.74) is 0.0162. The number of ether oxygens (including phenoxy) is 1. The number of alkyl halides is 3. The van der Waals surface area contributed by atoms with Gasteiger partial charge in [0.25, 0.3) is 0 Å². The Hall–Kier alpha value is -3.02. The van der Waals surface area contributed by atoms with E-state index in [9.17, 15) is 21.6 Å². The first kappa shape index (κ1) is 21.2. The second kappa shape index (κ2) is 7.59. The van der Waals surface area contributed by atoms with Gasteiger partial charge in [0, 0.05) is 31.7 Å². The highest BCUT2D eigenvalue weighted by molar-refractivity contribution is 7.93. The Labute approximate surface area is 176 Å². The van der Waals surface area contributed by atoms with Crippen molar-refractivity contribution < 1.29 is 26.3 Å². The zero-order valence-corrected chi connectivity index (χ0v) is 17.5. The monoisotopic (exact) mass is 455 g/mol. The van der Waals surface area contributed by atoms with E-state index in [4.69, 9.17) is 4.74 Å². The zero-order chi connectivity index (χ0) is 22.4. The van der Waals surface area contributed by atoms with E-state index in [0.717, 1.165) is 23.7 Å². The lowest BCUT2D eigenvalue weighted by atomic mass is 10.2. The second-order valence-electron chi connectivity index (χ2n) is 7.25. The number of rotatable bonds is 5. The third-order valence-electron chi connectivity index (χ3n) is 5.31. The molecule has 4 rings (SSSR count). The number of fused-ring (bicyclic) bond motifs is 1. The van der Waals surface area contributed by atoms with Gasteiger partial charge in [-0.3, -0.25) is 9.40 Å². The average molecular weight is 455 g/mol. The Kier molecular flexibility index (Phi) is 5.20. The summed E-state index contributed by atoms with van der Waals surface area (Å²) >= 11 is 0. The molecule has 1 atom stereocenters. The molecular weight excluding hydrogens is 435 g/mol. The predicted octanol–water partition coefficient (Wildman–Crippen LogP) is 3.02. The number of nitrogens with one attached hydrogen (secondary N) is 1. The first-order valence-corrected chi connectivity index (χ1v) is 10.9. The van der Waals surface area contributed by atoms with Gasteiger partial charge >= 0.3 is 6.18 Å². The molecule has 166 valence electrons. The molecule has 3 aromatic rings. The van der Waals surface area contributed by atoms with Gasteiger partial charge in [-0.2, -0.15) is 18.3 Å². The maximum Gasteiger partial charge on any atom is 0.416 e. The van der Waals surface area contributed by atoms with Gasteiger partial charge in [-0.05, 0) is 30.7 Å². The molecule has 3 heterocycles. The molecule has 0 spiro atoms. The molecule has 1 aliphatic rings. The SMILES string of the molecule is COc1ccc2cnn(C)c2c1NS(=O)(=O)[C@@H]1CCN(c2cc(C(F)(F)F)ccn2)C1. The lowest BCUT2D eigenvalue weighted by Gasteiger charge is -2.20. The standard InChI is InChI=1S/C19H20F3N5O3S/c1-26-18-12(10-24-26)3-4-15(30-2)17(18)25-31(28,29)14-6-8-27(11-14)16-9-13(5-7-23-16)19(20,21)22/h3-5,7,9-10,14,25H,6,8,11H2,1-2H3/t14-/m1/s1. The third kappa shape index (κ3) is 3.99. The summed E-state index contributed by atoms with van der Waals surface area (Å²) in [6, 6.07) is 5.24. The van der Waals surface area contributed by atoms with E-state index < -0.39 is 27.0 Å². The summed E-state index contributed by atoms with van der Waals surface area (Å²) in [6.45, 7) is 0.292. The van der Waals surface area contributed by atoms with Gasteiger partial charge < -0.3 is 9.64 Å². The number of nitrogens with zero attached hydrogens (tertiary/aromatic N) is 4. The van der Waals surface area contributed by atoms with Gasteiger partial charge in [-0.15, -0.1) is 0 Å². The minimum Gasteiger partial charge on any atom is -0.494 e. The topological polar surface area (TPSA) is 89.3 Å². The summed E-state index contributed by atoms with van der Waals surface area (Å²) < 4.78 is 74.7. The molecular formula is C19H20F3N5O3S. The van der Waals surface area contributed by atoms with E-state index in [0.29, 0.717) is 11.3 Å². The summed E-state index contributed by atoms with van der Waals surface area (Å²) in [4.78, 5) is 5.53. The number of halogens is 3. The van der Waals surface area contributed by atoms with Crippen molar-refractivity contribution in [1.82, 2.24) is 14.8 Å². The van der Waals surface area contributed by atoms with Crippen LogP contribution in [0.4, 0.5) is 24.7 Å². The maximum absolute atomic E-state index is 13.1. The zero-order valence-electron chi connectivity index (χ0n) is 16.7. The van der Waals surface area contributed by atoms with Crippen LogP contribution in [0.5, 0.6) is 5.75 Å². The fourth-order valence-electron chi connectivity index (χ4n) is 3.70. The van der Waals surface area contributed by atoms with E-state index in [1.807, 2.05) is 0 Å². The summed E-state index contributed by atoms with van der Waals surface area (Å²) in [5, 5.41) is 4.06. The van der Waals surface area contributed by atoms with Crippen LogP contribution in [0, 0.1) is 0 Å². The predicted molar refractivity (Wildman–Crippen MR) is 110 cm³/mol. The number of hydrogen-bond donors (Lipinski definition) is 1. The van der Waals surface area contributed by atoms with Crippen molar-refractivity contribution in [3.8, 4) is 5.75 Å². The molecule has 0 bridgehead atoms. The van der Waals surface area contributed by atoms with Crippen LogP contribution in [0.3, 0.4) is 0 Å². The van der Waals surface area contributed by atoms with Gasteiger partial charge in [0.2, 0.25) is 10.0 Å². The Balaban J connectivity index is 1.59. The Morgan fingerprint density at radius 3 is 2.74 bits per heavy atom. The van der Waals surface area contributed by atoms with Crippen LogP contribution in [-0.2, 0) is 23.2 Å². The fraction of sp³-hybridized carbons (Fsp3) is 0.368. The highest BCUT2D eigenvalue weighted by Crippen LogP contribution is 2.36. The first-order chi connectivity index (χ1) is 14.6. The third-order valence-corrected chi connectivity index (χ3v) is 7.06. The van der Waals surface area contributed by atoms with E-state index in [-0.39, 0.29) is 31.0 Å². The minimum absolute atomic E-state index is 0.0212. The molecule has 1 aliphatic heterocycles. The fourth-order valence-corrected chi connectivity index (χ4v) is 5.14. The van der Waals surface area contributed by atoms with Crippen LogP contribution >= 0.6 is 0 Å². The smallest absolute Gasteiger partial charge is 0.416 e. The van der Waals surface area contributed by atoms with Crippen LogP contribution < -0.4 is 14.4 Å². The number of aromatic nitrogens is 3. The van der Waals surface area contributed by atoms with Gasteiger partial charge in [-0.25, -0.2) is 13.4 Å². The molecule has 31 heavy (non-hydrogen) atoms. The van der Waals surface area contributed by atoms with E-state index in [1.165, 1.54) is 7.11 Å². The van der Waals surface area contributed by atoms with E-state index in [1.54, 1.807) is 35.0 Å². The lowest BCUT2D eigenvalue weighted by molar-refractivity contribution is -0.137. The van der Waals surface area contributed by atoms with Crippen molar-refractivity contribution in [1.29, 1.82) is 0 Å². The highest BCUT2D eigenvalue weighted by Gasteiger charge is 2.36. The Morgan fingerprint density at radius 2 is 2.03 bits per heavy atom. The molecule has 0 saturated carbocycles. The van der Waals surface area contributed by atoms with Crippen molar-refractivity contribution in [2.24, 2.45) is 7.05 Å². The normalized spacial score (nSPS) is 17.3. The van der Waals surface area contributed by atoms with Crippen molar-refractivity contribution >= 4 is 32.4 Å². The molecule has 0 amide bonds. The molecule has 1 saturated heterocycles. The van der Waals surface area contributed by atoms with Crippen molar-refractivity contribution in [3.05, 3.63) is 42.2 Å². The first-order valence-electron chi connectivity index (χ1n) is 9.38. The number of aryl methyl sites for hydroxylation is 1. The average Bonchev–Trinajstić information content (AvgIpc) is 3.36. The van der Waals surface area contributed by atoms with Gasteiger partial charge in [-0.1, -0.05) is 0 Å². The number of hydrogen-bond acceptors (Lipinski definition) is 6. The summed E-state index contributed by atoms with van der Waals surface area (Å²) in [5.74, 6) is 0.438. The maximum atomic E-state index is 13.1. The van der Waals surface area contributed by atoms with Gasteiger partial charge in [0.05, 0.1) is 29.6 Å². The Morgan fingerprint density at radius 1 is 1.26 bits per heavy atom.